The molecule has 0 heterocycles. The summed E-state index contributed by atoms with van der Waals surface area (Å²) < 4.78 is 25.0. The molecule has 1 atom stereocenters. The van der Waals surface area contributed by atoms with Gasteiger partial charge < -0.3 is 19.9 Å². The molecule has 118 valence electrons. The third-order valence-electron chi connectivity index (χ3n) is 3.26. The summed E-state index contributed by atoms with van der Waals surface area (Å²) in [5.74, 6) is -0.242. The second-order valence-electron chi connectivity index (χ2n) is 4.88. The molecule has 0 aliphatic rings. The van der Waals surface area contributed by atoms with E-state index in [1.54, 1.807) is 13.1 Å². The highest BCUT2D eigenvalue weighted by molar-refractivity contribution is 5.45. The lowest BCUT2D eigenvalue weighted by molar-refractivity contribution is 0.176. The highest BCUT2D eigenvalue weighted by atomic mass is 19.1. The first-order valence-corrected chi connectivity index (χ1v) is 7.02. The molecular weight excluding hydrogens is 285 g/mol. The second kappa shape index (κ2) is 7.77. The minimum atomic E-state index is -0.809. The van der Waals surface area contributed by atoms with Crippen LogP contribution in [-0.2, 0) is 6.61 Å². The molecule has 2 N–H and O–H groups in total. The molecule has 2 aromatic rings. The van der Waals surface area contributed by atoms with Crippen molar-refractivity contribution >= 4 is 0 Å². The fraction of sp³-hybridized carbons (Fsp3) is 0.294. The molecule has 1 unspecified atom stereocenters. The first-order valence-electron chi connectivity index (χ1n) is 7.02. The zero-order valence-electron chi connectivity index (χ0n) is 12.7. The number of hydrogen-bond donors (Lipinski definition) is 2. The Kier molecular flexibility index (Phi) is 5.75. The third-order valence-corrected chi connectivity index (χ3v) is 3.26. The molecule has 4 nitrogen and oxygen atoms in total. The number of halogens is 1. The van der Waals surface area contributed by atoms with Gasteiger partial charge in [-0.25, -0.2) is 4.39 Å². The van der Waals surface area contributed by atoms with E-state index in [-0.39, 0.29) is 18.1 Å². The van der Waals surface area contributed by atoms with Gasteiger partial charge in [0.25, 0.3) is 0 Å². The van der Waals surface area contributed by atoms with Crippen molar-refractivity contribution in [2.45, 2.75) is 12.7 Å². The van der Waals surface area contributed by atoms with Gasteiger partial charge in [-0.15, -0.1) is 0 Å². The molecule has 0 aliphatic carbocycles. The largest absolute Gasteiger partial charge is 0.493 e. The van der Waals surface area contributed by atoms with Crippen molar-refractivity contribution in [2.24, 2.45) is 0 Å². The van der Waals surface area contributed by atoms with E-state index in [9.17, 15) is 9.50 Å². The summed E-state index contributed by atoms with van der Waals surface area (Å²) in [5.41, 5.74) is 1.37. The summed E-state index contributed by atoms with van der Waals surface area (Å²) in [6, 6.07) is 12.3. The lowest BCUT2D eigenvalue weighted by atomic mass is 10.1. The van der Waals surface area contributed by atoms with Gasteiger partial charge in [-0.1, -0.05) is 30.3 Å². The van der Waals surface area contributed by atoms with Gasteiger partial charge in [0, 0.05) is 6.54 Å². The summed E-state index contributed by atoms with van der Waals surface area (Å²) in [5, 5.41) is 12.8. The fourth-order valence-electron chi connectivity index (χ4n) is 2.11. The van der Waals surface area contributed by atoms with Gasteiger partial charge in [-0.2, -0.15) is 0 Å². The predicted octanol–water partition coefficient (Wildman–Crippen LogP) is 2.67. The molecule has 0 fully saturated rings. The van der Waals surface area contributed by atoms with E-state index < -0.39 is 11.9 Å². The number of rotatable bonds is 7. The molecule has 0 radical (unpaired) electrons. The molecule has 0 saturated carbocycles. The second-order valence-corrected chi connectivity index (χ2v) is 4.88. The molecule has 0 amide bonds. The Morgan fingerprint density at radius 3 is 2.59 bits per heavy atom. The van der Waals surface area contributed by atoms with Crippen molar-refractivity contribution in [1.29, 1.82) is 0 Å². The lowest BCUT2D eigenvalue weighted by Gasteiger charge is -2.16. The Labute approximate surface area is 129 Å². The molecule has 0 aliphatic heterocycles. The van der Waals surface area contributed by atoms with Crippen molar-refractivity contribution in [3.05, 3.63) is 59.4 Å². The monoisotopic (exact) mass is 305 g/mol. The van der Waals surface area contributed by atoms with Gasteiger partial charge in [0.05, 0.1) is 13.2 Å². The van der Waals surface area contributed by atoms with E-state index in [1.165, 1.54) is 13.2 Å². The van der Waals surface area contributed by atoms with Gasteiger partial charge in [0.1, 0.15) is 6.61 Å². The Morgan fingerprint density at radius 2 is 1.95 bits per heavy atom. The van der Waals surface area contributed by atoms with Crippen LogP contribution in [0.25, 0.3) is 0 Å². The van der Waals surface area contributed by atoms with Crippen LogP contribution in [0, 0.1) is 5.82 Å². The minimum absolute atomic E-state index is 0.0479. The third kappa shape index (κ3) is 3.96. The summed E-state index contributed by atoms with van der Waals surface area (Å²) in [6.07, 6.45) is -0.809. The van der Waals surface area contributed by atoms with Crippen LogP contribution in [-0.4, -0.2) is 25.8 Å². The van der Waals surface area contributed by atoms with Gasteiger partial charge in [0.2, 0.25) is 0 Å². The normalized spacial score (nSPS) is 12.0. The maximum atomic E-state index is 14.3. The highest BCUT2D eigenvalue weighted by Crippen LogP contribution is 2.34. The van der Waals surface area contributed by atoms with Gasteiger partial charge in [-0.3, -0.25) is 0 Å². The Bertz CT molecular complexity index is 604. The highest BCUT2D eigenvalue weighted by Gasteiger charge is 2.17. The van der Waals surface area contributed by atoms with Crippen LogP contribution in [0.1, 0.15) is 17.2 Å². The van der Waals surface area contributed by atoms with E-state index in [0.717, 1.165) is 5.56 Å². The number of hydrogen-bond acceptors (Lipinski definition) is 4. The predicted molar refractivity (Wildman–Crippen MR) is 82.6 cm³/mol. The Morgan fingerprint density at radius 1 is 1.23 bits per heavy atom. The zero-order chi connectivity index (χ0) is 15.9. The first-order chi connectivity index (χ1) is 10.7. The average Bonchev–Trinajstić information content (AvgIpc) is 2.54. The minimum Gasteiger partial charge on any atom is -0.493 e. The van der Waals surface area contributed by atoms with Crippen LogP contribution in [0.15, 0.2) is 42.5 Å². The fourth-order valence-corrected chi connectivity index (χ4v) is 2.11. The van der Waals surface area contributed by atoms with Crippen LogP contribution >= 0.6 is 0 Å². The smallest absolute Gasteiger partial charge is 0.197 e. The summed E-state index contributed by atoms with van der Waals surface area (Å²) in [4.78, 5) is 0. The number of ether oxygens (including phenoxy) is 2. The molecule has 2 rings (SSSR count). The number of methoxy groups -OCH3 is 1. The van der Waals surface area contributed by atoms with E-state index in [2.05, 4.69) is 5.32 Å². The number of aliphatic hydroxyl groups is 1. The van der Waals surface area contributed by atoms with Crippen molar-refractivity contribution in [2.75, 3.05) is 20.7 Å². The van der Waals surface area contributed by atoms with E-state index >= 15 is 0 Å². The van der Waals surface area contributed by atoms with Crippen molar-refractivity contribution < 1.29 is 19.0 Å². The van der Waals surface area contributed by atoms with Crippen molar-refractivity contribution in [3.63, 3.8) is 0 Å². The molecule has 0 aromatic heterocycles. The molecule has 2 aromatic carbocycles. The number of aliphatic hydroxyl groups excluding tert-OH is 1. The van der Waals surface area contributed by atoms with Gasteiger partial charge in [-0.05, 0) is 30.3 Å². The molecule has 22 heavy (non-hydrogen) atoms. The number of benzene rings is 2. The Balaban J connectivity index is 2.20. The number of likely N-dealkylation sites (N-methyl/N-ethyl adjacent to an activating group) is 1. The maximum Gasteiger partial charge on any atom is 0.197 e. The van der Waals surface area contributed by atoms with E-state index in [0.29, 0.717) is 12.1 Å². The van der Waals surface area contributed by atoms with Crippen molar-refractivity contribution in [1.82, 2.24) is 5.32 Å². The van der Waals surface area contributed by atoms with Crippen LogP contribution in [0.4, 0.5) is 4.39 Å². The average molecular weight is 305 g/mol. The maximum absolute atomic E-state index is 14.3. The topological polar surface area (TPSA) is 50.7 Å². The summed E-state index contributed by atoms with van der Waals surface area (Å²) >= 11 is 0. The molecule has 0 spiro atoms. The lowest BCUT2D eigenvalue weighted by Crippen LogP contribution is -2.17. The SMILES string of the molecule is CNCC(O)c1cc(F)c(OCc2ccccc2)c(OC)c1. The van der Waals surface area contributed by atoms with Crippen LogP contribution in [0.5, 0.6) is 11.5 Å². The van der Waals surface area contributed by atoms with Crippen molar-refractivity contribution in [3.8, 4) is 11.5 Å². The molecule has 0 saturated heterocycles. The van der Waals surface area contributed by atoms with Crippen LogP contribution in [0.3, 0.4) is 0 Å². The molecule has 0 bridgehead atoms. The first kappa shape index (κ1) is 16.3. The van der Waals surface area contributed by atoms with Gasteiger partial charge in [0.15, 0.2) is 17.3 Å². The van der Waals surface area contributed by atoms with Crippen LogP contribution in [0.2, 0.25) is 0 Å². The van der Waals surface area contributed by atoms with E-state index in [1.807, 2.05) is 30.3 Å². The summed E-state index contributed by atoms with van der Waals surface area (Å²) in [7, 11) is 3.16. The molecular formula is C17H20FNO3. The van der Waals surface area contributed by atoms with Gasteiger partial charge >= 0.3 is 0 Å². The number of nitrogens with one attached hydrogen (secondary N) is 1. The standard InChI is InChI=1S/C17H20FNO3/c1-19-10-15(20)13-8-14(18)17(16(9-13)21-2)22-11-12-6-4-3-5-7-12/h3-9,15,19-20H,10-11H2,1-2H3. The molecule has 5 heteroatoms. The van der Waals surface area contributed by atoms with Crippen LogP contribution < -0.4 is 14.8 Å². The van der Waals surface area contributed by atoms with E-state index in [4.69, 9.17) is 9.47 Å². The summed E-state index contributed by atoms with van der Waals surface area (Å²) in [6.45, 7) is 0.569. The Hall–Kier alpha value is -2.11. The zero-order valence-corrected chi connectivity index (χ0v) is 12.7. The quantitative estimate of drug-likeness (QED) is 0.826.